The number of benzene rings is 3. The van der Waals surface area contributed by atoms with Gasteiger partial charge >= 0.3 is 0 Å². The Balaban J connectivity index is 1.61. The Kier molecular flexibility index (Phi) is 7.70. The number of hydrogen-bond acceptors (Lipinski definition) is 3. The normalized spacial score (nSPS) is 11.2. The summed E-state index contributed by atoms with van der Waals surface area (Å²) in [7, 11) is -2.11. The molecule has 5 nitrogen and oxygen atoms in total. The lowest BCUT2D eigenvalue weighted by atomic mass is 10.1. The van der Waals surface area contributed by atoms with Crippen LogP contribution in [0.3, 0.4) is 0 Å². The van der Waals surface area contributed by atoms with E-state index in [1.165, 1.54) is 16.9 Å². The van der Waals surface area contributed by atoms with Crippen LogP contribution < -0.4 is 9.62 Å². The van der Waals surface area contributed by atoms with E-state index in [4.69, 9.17) is 0 Å². The molecule has 0 saturated heterocycles. The number of nitrogens with zero attached hydrogens (tertiary/aromatic N) is 1. The van der Waals surface area contributed by atoms with Gasteiger partial charge in [0.25, 0.3) is 10.0 Å². The van der Waals surface area contributed by atoms with Crippen LogP contribution >= 0.6 is 0 Å². The zero-order chi connectivity index (χ0) is 23.1. The average Bonchev–Trinajstić information content (AvgIpc) is 2.79. The van der Waals surface area contributed by atoms with E-state index in [1.807, 2.05) is 31.2 Å². The van der Waals surface area contributed by atoms with Crippen molar-refractivity contribution in [3.05, 3.63) is 89.5 Å². The van der Waals surface area contributed by atoms with Crippen LogP contribution in [0, 0.1) is 6.92 Å². The van der Waals surface area contributed by atoms with Gasteiger partial charge in [0.2, 0.25) is 5.91 Å². The van der Waals surface area contributed by atoms with E-state index in [9.17, 15) is 13.2 Å². The van der Waals surface area contributed by atoms with Gasteiger partial charge in [0.05, 0.1) is 17.0 Å². The second-order valence-corrected chi connectivity index (χ2v) is 9.95. The summed E-state index contributed by atoms with van der Waals surface area (Å²) in [6, 6.07) is 21.7. The fourth-order valence-electron chi connectivity index (χ4n) is 3.36. The van der Waals surface area contributed by atoms with Crippen molar-refractivity contribution in [1.29, 1.82) is 0 Å². The van der Waals surface area contributed by atoms with Gasteiger partial charge in [-0.25, -0.2) is 8.42 Å². The lowest BCUT2D eigenvalue weighted by Gasteiger charge is -2.20. The summed E-state index contributed by atoms with van der Waals surface area (Å²) in [5.74, 6) is -0.111. The smallest absolute Gasteiger partial charge is 0.264 e. The summed E-state index contributed by atoms with van der Waals surface area (Å²) in [6.07, 6.45) is 3.58. The van der Waals surface area contributed by atoms with Crippen molar-refractivity contribution in [3.8, 4) is 0 Å². The summed E-state index contributed by atoms with van der Waals surface area (Å²) in [5.41, 5.74) is 4.40. The molecule has 0 heterocycles. The number of amides is 1. The third-order valence-corrected chi connectivity index (χ3v) is 7.20. The number of sulfonamides is 1. The lowest BCUT2D eigenvalue weighted by molar-refractivity contribution is -0.115. The van der Waals surface area contributed by atoms with Crippen LogP contribution in [0.5, 0.6) is 0 Å². The highest BCUT2D eigenvalue weighted by Gasteiger charge is 2.21. The largest absolute Gasteiger partial charge is 0.326 e. The monoisotopic (exact) mass is 450 g/mol. The number of nitrogens with one attached hydrogen (secondary N) is 1. The molecule has 3 aromatic carbocycles. The maximum absolute atomic E-state index is 12.9. The van der Waals surface area contributed by atoms with Crippen LogP contribution in [0.4, 0.5) is 11.4 Å². The molecule has 6 heteroatoms. The van der Waals surface area contributed by atoms with E-state index >= 15 is 0 Å². The zero-order valence-electron chi connectivity index (χ0n) is 18.8. The Hall–Kier alpha value is -3.12. The van der Waals surface area contributed by atoms with E-state index < -0.39 is 10.0 Å². The molecule has 32 heavy (non-hydrogen) atoms. The summed E-state index contributed by atoms with van der Waals surface area (Å²) >= 11 is 0. The van der Waals surface area contributed by atoms with Crippen LogP contribution in [0.2, 0.25) is 0 Å². The summed E-state index contributed by atoms with van der Waals surface area (Å²) in [4.78, 5) is 12.7. The first-order valence-electron chi connectivity index (χ1n) is 10.8. The maximum atomic E-state index is 12.9. The fourth-order valence-corrected chi connectivity index (χ4v) is 4.55. The van der Waals surface area contributed by atoms with Crippen molar-refractivity contribution < 1.29 is 13.2 Å². The molecule has 0 radical (unpaired) electrons. The van der Waals surface area contributed by atoms with Gasteiger partial charge < -0.3 is 5.32 Å². The minimum absolute atomic E-state index is 0.111. The van der Waals surface area contributed by atoms with Crippen molar-refractivity contribution >= 4 is 27.3 Å². The number of rotatable bonds is 9. The van der Waals surface area contributed by atoms with Crippen LogP contribution in [-0.4, -0.2) is 21.4 Å². The van der Waals surface area contributed by atoms with Crippen molar-refractivity contribution in [1.82, 2.24) is 0 Å². The Bertz CT molecular complexity index is 1140. The highest BCUT2D eigenvalue weighted by Crippen LogP contribution is 2.23. The second-order valence-electron chi connectivity index (χ2n) is 7.98. The molecule has 0 aliphatic heterocycles. The fraction of sp³-hybridized carbons (Fsp3) is 0.269. The predicted octanol–water partition coefficient (Wildman–Crippen LogP) is 5.34. The molecule has 168 valence electrons. The van der Waals surface area contributed by atoms with Crippen LogP contribution in [0.1, 0.15) is 36.5 Å². The zero-order valence-corrected chi connectivity index (χ0v) is 19.7. The molecule has 1 N–H and O–H groups in total. The Morgan fingerprint density at radius 1 is 0.875 bits per heavy atom. The molecule has 3 aromatic rings. The van der Waals surface area contributed by atoms with E-state index in [0.29, 0.717) is 5.69 Å². The number of unbranched alkanes of at least 4 members (excludes halogenated alkanes) is 1. The Labute approximate surface area is 191 Å². The minimum Gasteiger partial charge on any atom is -0.326 e. The molecule has 0 spiro atoms. The van der Waals surface area contributed by atoms with Gasteiger partial charge in [-0.3, -0.25) is 9.10 Å². The molecule has 0 saturated carbocycles. The van der Waals surface area contributed by atoms with Gasteiger partial charge in [-0.1, -0.05) is 55.3 Å². The quantitative estimate of drug-likeness (QED) is 0.478. The molecule has 0 aliphatic rings. The highest BCUT2D eigenvalue weighted by atomic mass is 32.2. The second kappa shape index (κ2) is 10.5. The molecular formula is C26H30N2O3S. The van der Waals surface area contributed by atoms with Gasteiger partial charge in [0.15, 0.2) is 0 Å². The first-order chi connectivity index (χ1) is 15.3. The van der Waals surface area contributed by atoms with E-state index in [2.05, 4.69) is 12.2 Å². The van der Waals surface area contributed by atoms with Gasteiger partial charge in [0.1, 0.15) is 0 Å². The Morgan fingerprint density at radius 3 is 2.06 bits per heavy atom. The van der Waals surface area contributed by atoms with Gasteiger partial charge in [-0.2, -0.15) is 0 Å². The molecule has 0 unspecified atom stereocenters. The van der Waals surface area contributed by atoms with Crippen molar-refractivity contribution in [2.45, 2.75) is 44.4 Å². The van der Waals surface area contributed by atoms with Crippen LogP contribution in [0.15, 0.2) is 77.7 Å². The molecule has 0 aliphatic carbocycles. The maximum Gasteiger partial charge on any atom is 0.264 e. The van der Waals surface area contributed by atoms with Crippen LogP contribution in [0.25, 0.3) is 0 Å². The van der Waals surface area contributed by atoms with Crippen molar-refractivity contribution in [3.63, 3.8) is 0 Å². The summed E-state index contributed by atoms with van der Waals surface area (Å²) in [6.45, 7) is 4.08. The van der Waals surface area contributed by atoms with Gasteiger partial charge in [-0.05, 0) is 67.3 Å². The Morgan fingerprint density at radius 2 is 1.47 bits per heavy atom. The van der Waals surface area contributed by atoms with Crippen molar-refractivity contribution in [2.75, 3.05) is 16.7 Å². The number of anilines is 2. The molecular weight excluding hydrogens is 420 g/mol. The predicted molar refractivity (Wildman–Crippen MR) is 131 cm³/mol. The minimum atomic E-state index is -3.64. The van der Waals surface area contributed by atoms with E-state index in [0.717, 1.165) is 36.1 Å². The first-order valence-corrected chi connectivity index (χ1v) is 12.3. The third-order valence-electron chi connectivity index (χ3n) is 5.40. The van der Waals surface area contributed by atoms with Gasteiger partial charge in [0, 0.05) is 12.7 Å². The number of aryl methyl sites for hydroxylation is 2. The van der Waals surface area contributed by atoms with E-state index in [-0.39, 0.29) is 17.2 Å². The number of carbonyl (C=O) groups is 1. The molecule has 0 bridgehead atoms. The topological polar surface area (TPSA) is 66.5 Å². The average molecular weight is 451 g/mol. The van der Waals surface area contributed by atoms with E-state index in [1.54, 1.807) is 48.5 Å². The molecule has 0 aromatic heterocycles. The highest BCUT2D eigenvalue weighted by molar-refractivity contribution is 7.92. The standard InChI is InChI=1S/C26H30N2O3S/c1-4-5-6-21-9-13-23(14-10-21)27-26(29)19-22-11-15-24(16-12-22)28(3)32(30,31)25-17-7-20(2)8-18-25/h7-18H,4-6,19H2,1-3H3,(H,27,29). The third kappa shape index (κ3) is 5.98. The van der Waals surface area contributed by atoms with Crippen LogP contribution in [-0.2, 0) is 27.7 Å². The summed E-state index contributed by atoms with van der Waals surface area (Å²) in [5, 5.41) is 2.92. The molecule has 0 fully saturated rings. The first kappa shape index (κ1) is 23.5. The molecule has 3 rings (SSSR count). The van der Waals surface area contributed by atoms with Crippen molar-refractivity contribution in [2.24, 2.45) is 0 Å². The molecule has 0 atom stereocenters. The lowest BCUT2D eigenvalue weighted by Crippen LogP contribution is -2.26. The van der Waals surface area contributed by atoms with Gasteiger partial charge in [-0.15, -0.1) is 0 Å². The number of carbonyl (C=O) groups excluding carboxylic acids is 1. The molecule has 1 amide bonds. The SMILES string of the molecule is CCCCc1ccc(NC(=O)Cc2ccc(N(C)S(=O)(=O)c3ccc(C)cc3)cc2)cc1. The summed E-state index contributed by atoms with van der Waals surface area (Å²) < 4.78 is 27.0. The number of hydrogen-bond donors (Lipinski definition) is 1.